The predicted molar refractivity (Wildman–Crippen MR) is 90.6 cm³/mol. The van der Waals surface area contributed by atoms with E-state index in [1.807, 2.05) is 0 Å². The van der Waals surface area contributed by atoms with E-state index in [9.17, 15) is 66.7 Å². The summed E-state index contributed by atoms with van der Waals surface area (Å²) in [5.74, 6) is -45.3. The second-order valence-corrected chi connectivity index (χ2v) is 9.31. The van der Waals surface area contributed by atoms with Crippen molar-refractivity contribution in [2.45, 2.75) is 76.4 Å². The number of carbonyl (C=O) groups excluding carboxylic acids is 2. The lowest BCUT2D eigenvalue weighted by Gasteiger charge is -2.45. The highest BCUT2D eigenvalue weighted by Crippen LogP contribution is 2.62. The zero-order valence-electron chi connectivity index (χ0n) is 18.5. The molecule has 0 aromatic carbocycles. The monoisotopic (exact) mass is 545 g/mol. The molecule has 0 spiro atoms. The number of nitrogens with zero attached hydrogens (tertiary/aromatic N) is 1. The molecule has 1 aliphatic rings. The second-order valence-electron chi connectivity index (χ2n) is 9.31. The number of amides is 2. The van der Waals surface area contributed by atoms with E-state index in [0.29, 0.717) is 20.8 Å². The SMILES string of the molecule is CC(C)[C@H]1COC(=O)N1C(=O)[C@@H](C(C)(C)C)C(F)(F)C(F)(F)C(F)(F)C(F)(F)C(F)(F)C(F)(F)F. The number of imide groups is 1. The molecule has 0 aromatic rings. The highest BCUT2D eigenvalue weighted by molar-refractivity contribution is 5.95. The molecule has 4 nitrogen and oxygen atoms in total. The number of alkyl halides is 13. The molecule has 0 saturated carbocycles. The lowest BCUT2D eigenvalue weighted by atomic mass is 9.72. The van der Waals surface area contributed by atoms with Crippen molar-refractivity contribution < 1.29 is 71.4 Å². The van der Waals surface area contributed by atoms with Gasteiger partial charge in [-0.2, -0.15) is 57.1 Å². The summed E-state index contributed by atoms with van der Waals surface area (Å²) in [4.78, 5) is 24.6. The van der Waals surface area contributed by atoms with Crippen LogP contribution in [0.5, 0.6) is 0 Å². The van der Waals surface area contributed by atoms with Crippen LogP contribution in [0.1, 0.15) is 34.6 Å². The van der Waals surface area contributed by atoms with Crippen LogP contribution in [-0.2, 0) is 9.53 Å². The fourth-order valence-electron chi connectivity index (χ4n) is 3.35. The van der Waals surface area contributed by atoms with Gasteiger partial charge in [-0.3, -0.25) is 4.79 Å². The van der Waals surface area contributed by atoms with Gasteiger partial charge in [0.15, 0.2) is 0 Å². The minimum Gasteiger partial charge on any atom is -0.447 e. The van der Waals surface area contributed by atoms with E-state index in [1.54, 1.807) is 0 Å². The van der Waals surface area contributed by atoms with Gasteiger partial charge in [0.1, 0.15) is 12.5 Å². The van der Waals surface area contributed by atoms with Gasteiger partial charge in [-0.1, -0.05) is 34.6 Å². The number of ether oxygens (including phenoxy) is 1. The Hall–Kier alpha value is -1.97. The summed E-state index contributed by atoms with van der Waals surface area (Å²) in [6, 6.07) is -1.40. The van der Waals surface area contributed by atoms with Crippen molar-refractivity contribution in [1.82, 2.24) is 4.90 Å². The number of halogens is 13. The average Bonchev–Trinajstić information content (AvgIpc) is 3.00. The van der Waals surface area contributed by atoms with E-state index in [-0.39, 0.29) is 4.90 Å². The van der Waals surface area contributed by atoms with Crippen LogP contribution in [0.2, 0.25) is 0 Å². The van der Waals surface area contributed by atoms with Gasteiger partial charge in [0, 0.05) is 0 Å². The maximum atomic E-state index is 14.9. The third-order valence-electron chi connectivity index (χ3n) is 5.35. The molecule has 2 atom stereocenters. The molecule has 1 saturated heterocycles. The van der Waals surface area contributed by atoms with E-state index < -0.39 is 77.7 Å². The van der Waals surface area contributed by atoms with Gasteiger partial charge < -0.3 is 4.74 Å². The topological polar surface area (TPSA) is 46.6 Å². The van der Waals surface area contributed by atoms with Crippen LogP contribution in [0.3, 0.4) is 0 Å². The van der Waals surface area contributed by atoms with Gasteiger partial charge in [0.05, 0.1) is 6.04 Å². The van der Waals surface area contributed by atoms with Crippen molar-refractivity contribution >= 4 is 12.0 Å². The van der Waals surface area contributed by atoms with Crippen LogP contribution in [-0.4, -0.2) is 65.3 Å². The number of carbonyl (C=O) groups is 2. The lowest BCUT2D eigenvalue weighted by Crippen LogP contribution is -2.72. The molecule has 1 aliphatic heterocycles. The molecule has 0 unspecified atom stereocenters. The molecule has 0 N–H and O–H groups in total. The number of hydrogen-bond donors (Lipinski definition) is 0. The van der Waals surface area contributed by atoms with Crippen molar-refractivity contribution in [3.05, 3.63) is 0 Å². The van der Waals surface area contributed by atoms with Crippen molar-refractivity contribution in [2.75, 3.05) is 6.61 Å². The Morgan fingerprint density at radius 1 is 0.800 bits per heavy atom. The first kappa shape index (κ1) is 31.1. The molecule has 0 aliphatic carbocycles. The fourth-order valence-corrected chi connectivity index (χ4v) is 3.35. The molecular weight excluding hydrogens is 525 g/mol. The van der Waals surface area contributed by atoms with Crippen LogP contribution in [0, 0.1) is 17.3 Å². The number of rotatable bonds is 7. The second kappa shape index (κ2) is 8.56. The lowest BCUT2D eigenvalue weighted by molar-refractivity contribution is -0.443. The summed E-state index contributed by atoms with van der Waals surface area (Å²) < 4.78 is 181. The van der Waals surface area contributed by atoms with E-state index in [4.69, 9.17) is 0 Å². The summed E-state index contributed by atoms with van der Waals surface area (Å²) >= 11 is 0. The van der Waals surface area contributed by atoms with Crippen molar-refractivity contribution in [2.24, 2.45) is 17.3 Å². The third-order valence-corrected chi connectivity index (χ3v) is 5.35. The Bertz CT molecular complexity index is 830. The molecule has 35 heavy (non-hydrogen) atoms. The van der Waals surface area contributed by atoms with Crippen LogP contribution >= 0.6 is 0 Å². The molecule has 2 amide bonds. The first-order valence-corrected chi connectivity index (χ1v) is 9.58. The van der Waals surface area contributed by atoms with Crippen molar-refractivity contribution in [1.29, 1.82) is 0 Å². The summed E-state index contributed by atoms with van der Waals surface area (Å²) in [6.45, 7) is 3.65. The molecule has 0 radical (unpaired) electrons. The van der Waals surface area contributed by atoms with E-state index >= 15 is 0 Å². The minimum absolute atomic E-state index is 0.134. The number of hydrogen-bond acceptors (Lipinski definition) is 3. The summed E-state index contributed by atoms with van der Waals surface area (Å²) in [6.07, 6.45) is -9.23. The average molecular weight is 545 g/mol. The van der Waals surface area contributed by atoms with Crippen molar-refractivity contribution in [3.8, 4) is 0 Å². The summed E-state index contributed by atoms with van der Waals surface area (Å²) in [7, 11) is 0. The van der Waals surface area contributed by atoms with Gasteiger partial charge in [0.25, 0.3) is 0 Å². The molecular formula is C18H20F13NO3. The highest BCUT2D eigenvalue weighted by Gasteiger charge is 2.91. The Labute approximate surface area is 189 Å². The third kappa shape index (κ3) is 4.51. The molecule has 0 aromatic heterocycles. The van der Waals surface area contributed by atoms with Crippen molar-refractivity contribution in [3.63, 3.8) is 0 Å². The van der Waals surface area contributed by atoms with E-state index in [0.717, 1.165) is 0 Å². The van der Waals surface area contributed by atoms with Crippen LogP contribution in [0.4, 0.5) is 61.9 Å². The Morgan fingerprint density at radius 3 is 1.54 bits per heavy atom. The normalized spacial score (nSPS) is 20.4. The van der Waals surface area contributed by atoms with Crippen LogP contribution < -0.4 is 0 Å². The first-order valence-electron chi connectivity index (χ1n) is 9.58. The van der Waals surface area contributed by atoms with Gasteiger partial charge >= 0.3 is 41.9 Å². The Balaban J connectivity index is 3.76. The van der Waals surface area contributed by atoms with E-state index in [2.05, 4.69) is 4.74 Å². The maximum Gasteiger partial charge on any atom is 0.460 e. The number of cyclic esters (lactones) is 1. The predicted octanol–water partition coefficient (Wildman–Crippen LogP) is 6.39. The zero-order valence-corrected chi connectivity index (χ0v) is 18.5. The molecule has 1 fully saturated rings. The summed E-state index contributed by atoms with van der Waals surface area (Å²) in [5.41, 5.74) is -2.56. The molecule has 206 valence electrons. The van der Waals surface area contributed by atoms with Crippen LogP contribution in [0.15, 0.2) is 0 Å². The van der Waals surface area contributed by atoms with E-state index in [1.165, 1.54) is 13.8 Å². The van der Waals surface area contributed by atoms with Gasteiger partial charge in [0.2, 0.25) is 5.91 Å². The minimum atomic E-state index is -8.09. The quantitative estimate of drug-likeness (QED) is 0.349. The molecule has 1 heterocycles. The van der Waals surface area contributed by atoms with Gasteiger partial charge in [-0.05, 0) is 11.3 Å². The Morgan fingerprint density at radius 2 is 1.20 bits per heavy atom. The highest BCUT2D eigenvalue weighted by atomic mass is 19.4. The fraction of sp³-hybridized carbons (Fsp3) is 0.889. The van der Waals surface area contributed by atoms with Gasteiger partial charge in [-0.15, -0.1) is 0 Å². The molecule has 1 rings (SSSR count). The Kier molecular flexibility index (Phi) is 7.59. The zero-order chi connectivity index (χ0) is 28.4. The molecule has 17 heteroatoms. The largest absolute Gasteiger partial charge is 0.460 e. The first-order chi connectivity index (χ1) is 15.1. The smallest absolute Gasteiger partial charge is 0.447 e. The standard InChI is InChI=1S/C18H20F13NO3/c1-7(2)8-6-35-11(34)32(8)10(33)9(12(3,4)5)13(19,20)14(21,22)15(23,24)16(25,26)17(27,28)18(29,30)31/h7-9H,6H2,1-5H3/t8-,9+/m1/s1. The van der Waals surface area contributed by atoms with Crippen LogP contribution in [0.25, 0.3) is 0 Å². The maximum absolute atomic E-state index is 14.9. The van der Waals surface area contributed by atoms with Gasteiger partial charge in [-0.25, -0.2) is 9.69 Å². The molecule has 0 bridgehead atoms. The summed E-state index contributed by atoms with van der Waals surface area (Å²) in [5, 5.41) is 0.